The summed E-state index contributed by atoms with van der Waals surface area (Å²) in [5.74, 6) is 2.87. The molecule has 2 fully saturated rings. The monoisotopic (exact) mass is 304 g/mol. The Hall–Kier alpha value is -1.29. The van der Waals surface area contributed by atoms with Crippen LogP contribution in [0.4, 0.5) is 0 Å². The topological polar surface area (TPSA) is 35.6 Å². The standard InChI is InChI=1S/C16H21ClN4/c1-10-4-9-13(17)21(10)16(2,3)15-19-18-14(11-5-6-11)20(15)12-7-8-12/h4,9,11-12H,5-8H2,1-3H3. The van der Waals surface area contributed by atoms with E-state index < -0.39 is 0 Å². The van der Waals surface area contributed by atoms with Gasteiger partial charge in [0.25, 0.3) is 0 Å². The first-order valence-corrected chi connectivity index (χ1v) is 8.17. The lowest BCUT2D eigenvalue weighted by molar-refractivity contribution is 0.381. The normalized spacial score (nSPS) is 19.2. The van der Waals surface area contributed by atoms with Crippen LogP contribution in [0.3, 0.4) is 0 Å². The molecule has 4 rings (SSSR count). The number of hydrogen-bond donors (Lipinski definition) is 0. The second-order valence-electron chi connectivity index (χ2n) is 6.95. The van der Waals surface area contributed by atoms with Crippen molar-refractivity contribution in [2.24, 2.45) is 0 Å². The first-order valence-electron chi connectivity index (χ1n) is 7.79. The first kappa shape index (κ1) is 13.4. The molecule has 2 saturated carbocycles. The van der Waals surface area contributed by atoms with Gasteiger partial charge >= 0.3 is 0 Å². The molecule has 112 valence electrons. The molecule has 0 aliphatic heterocycles. The summed E-state index contributed by atoms with van der Waals surface area (Å²) in [6.45, 7) is 6.46. The number of halogens is 1. The van der Waals surface area contributed by atoms with Crippen molar-refractivity contribution >= 4 is 11.6 Å². The van der Waals surface area contributed by atoms with Crippen LogP contribution in [0.15, 0.2) is 12.1 Å². The van der Waals surface area contributed by atoms with Crippen LogP contribution in [-0.4, -0.2) is 19.3 Å². The lowest BCUT2D eigenvalue weighted by atomic mass is 10.0. The average Bonchev–Trinajstić information content (AvgIpc) is 3.35. The van der Waals surface area contributed by atoms with Gasteiger partial charge in [-0.2, -0.15) is 0 Å². The van der Waals surface area contributed by atoms with E-state index in [4.69, 9.17) is 11.6 Å². The van der Waals surface area contributed by atoms with Crippen molar-refractivity contribution in [2.45, 2.75) is 64.0 Å². The molecular weight excluding hydrogens is 284 g/mol. The highest BCUT2D eigenvalue weighted by molar-refractivity contribution is 6.29. The van der Waals surface area contributed by atoms with E-state index in [1.807, 2.05) is 6.07 Å². The SMILES string of the molecule is Cc1ccc(Cl)n1C(C)(C)c1nnc(C2CC2)n1C1CC1. The molecule has 0 radical (unpaired) electrons. The Labute approximate surface area is 130 Å². The van der Waals surface area contributed by atoms with E-state index in [1.54, 1.807) is 0 Å². The zero-order valence-electron chi connectivity index (χ0n) is 12.8. The predicted octanol–water partition coefficient (Wildman–Crippen LogP) is 4.04. The Kier molecular flexibility index (Phi) is 2.77. The van der Waals surface area contributed by atoms with E-state index in [1.165, 1.54) is 31.5 Å². The predicted molar refractivity (Wildman–Crippen MR) is 82.9 cm³/mol. The molecule has 5 heteroatoms. The van der Waals surface area contributed by atoms with Crippen molar-refractivity contribution in [3.8, 4) is 0 Å². The number of aryl methyl sites for hydroxylation is 1. The van der Waals surface area contributed by atoms with Crippen molar-refractivity contribution < 1.29 is 0 Å². The minimum atomic E-state index is -0.284. The van der Waals surface area contributed by atoms with E-state index in [0.717, 1.165) is 16.7 Å². The van der Waals surface area contributed by atoms with Crippen LogP contribution in [0, 0.1) is 6.92 Å². The van der Waals surface area contributed by atoms with E-state index in [0.29, 0.717) is 12.0 Å². The lowest BCUT2D eigenvalue weighted by Gasteiger charge is -2.29. The molecule has 2 aromatic rings. The molecule has 0 N–H and O–H groups in total. The van der Waals surface area contributed by atoms with Crippen LogP contribution >= 0.6 is 11.6 Å². The molecule has 0 amide bonds. The maximum Gasteiger partial charge on any atom is 0.159 e. The number of aromatic nitrogens is 4. The van der Waals surface area contributed by atoms with Gasteiger partial charge in [0.2, 0.25) is 0 Å². The van der Waals surface area contributed by atoms with Crippen LogP contribution in [-0.2, 0) is 5.54 Å². The Morgan fingerprint density at radius 2 is 1.86 bits per heavy atom. The Morgan fingerprint density at radius 3 is 2.38 bits per heavy atom. The second kappa shape index (κ2) is 4.35. The van der Waals surface area contributed by atoms with Gasteiger partial charge in [0.05, 0.1) is 5.54 Å². The fourth-order valence-electron chi connectivity index (χ4n) is 3.35. The maximum absolute atomic E-state index is 6.41. The molecule has 2 aliphatic rings. The van der Waals surface area contributed by atoms with E-state index in [2.05, 4.69) is 46.2 Å². The summed E-state index contributed by atoms with van der Waals surface area (Å²) in [6.07, 6.45) is 5.02. The fourth-order valence-corrected chi connectivity index (χ4v) is 3.76. The highest BCUT2D eigenvalue weighted by atomic mass is 35.5. The van der Waals surface area contributed by atoms with Crippen LogP contribution in [0.1, 0.15) is 68.8 Å². The Bertz CT molecular complexity index is 670. The average molecular weight is 305 g/mol. The molecular formula is C16H21ClN4. The van der Waals surface area contributed by atoms with Crippen LogP contribution in [0.2, 0.25) is 5.15 Å². The first-order chi connectivity index (χ1) is 10.00. The van der Waals surface area contributed by atoms with Crippen molar-refractivity contribution in [2.75, 3.05) is 0 Å². The quantitative estimate of drug-likeness (QED) is 0.854. The third-order valence-corrected chi connectivity index (χ3v) is 5.01. The zero-order chi connectivity index (χ0) is 14.8. The fraction of sp³-hybridized carbons (Fsp3) is 0.625. The summed E-state index contributed by atoms with van der Waals surface area (Å²) in [6, 6.07) is 4.61. The zero-order valence-corrected chi connectivity index (χ0v) is 13.6. The molecule has 2 aromatic heterocycles. The van der Waals surface area contributed by atoms with Crippen molar-refractivity contribution in [1.29, 1.82) is 0 Å². The molecule has 0 unspecified atom stereocenters. The van der Waals surface area contributed by atoms with Crippen LogP contribution in [0.25, 0.3) is 0 Å². The number of nitrogens with zero attached hydrogens (tertiary/aromatic N) is 4. The molecule has 0 aromatic carbocycles. The van der Waals surface area contributed by atoms with Gasteiger partial charge in [0, 0.05) is 17.7 Å². The van der Waals surface area contributed by atoms with Gasteiger partial charge in [-0.15, -0.1) is 10.2 Å². The summed E-state index contributed by atoms with van der Waals surface area (Å²) in [5, 5.41) is 9.87. The Morgan fingerprint density at radius 1 is 1.14 bits per heavy atom. The summed E-state index contributed by atoms with van der Waals surface area (Å²) >= 11 is 6.41. The summed E-state index contributed by atoms with van der Waals surface area (Å²) < 4.78 is 4.57. The van der Waals surface area contributed by atoms with Gasteiger partial charge in [0.1, 0.15) is 11.0 Å². The highest BCUT2D eigenvalue weighted by Crippen LogP contribution is 2.46. The summed E-state index contributed by atoms with van der Waals surface area (Å²) in [7, 11) is 0. The summed E-state index contributed by atoms with van der Waals surface area (Å²) in [4.78, 5) is 0. The molecule has 2 heterocycles. The van der Waals surface area contributed by atoms with Gasteiger partial charge < -0.3 is 9.13 Å². The minimum absolute atomic E-state index is 0.284. The largest absolute Gasteiger partial charge is 0.323 e. The lowest BCUT2D eigenvalue weighted by Crippen LogP contribution is -2.32. The minimum Gasteiger partial charge on any atom is -0.323 e. The van der Waals surface area contributed by atoms with Gasteiger partial charge in [-0.25, -0.2) is 0 Å². The second-order valence-corrected chi connectivity index (χ2v) is 7.34. The van der Waals surface area contributed by atoms with Crippen molar-refractivity contribution in [1.82, 2.24) is 19.3 Å². The van der Waals surface area contributed by atoms with Gasteiger partial charge in [-0.1, -0.05) is 11.6 Å². The smallest absolute Gasteiger partial charge is 0.159 e. The molecule has 21 heavy (non-hydrogen) atoms. The molecule has 0 spiro atoms. The third kappa shape index (κ3) is 2.03. The van der Waals surface area contributed by atoms with E-state index >= 15 is 0 Å². The highest BCUT2D eigenvalue weighted by Gasteiger charge is 2.41. The van der Waals surface area contributed by atoms with Crippen molar-refractivity contribution in [3.63, 3.8) is 0 Å². The van der Waals surface area contributed by atoms with E-state index in [-0.39, 0.29) is 5.54 Å². The number of rotatable bonds is 4. The molecule has 2 aliphatic carbocycles. The molecule has 0 bridgehead atoms. The summed E-state index contributed by atoms with van der Waals surface area (Å²) in [5.41, 5.74) is 0.872. The van der Waals surface area contributed by atoms with E-state index in [9.17, 15) is 0 Å². The number of hydrogen-bond acceptors (Lipinski definition) is 2. The van der Waals surface area contributed by atoms with Gasteiger partial charge in [-0.05, 0) is 58.6 Å². The van der Waals surface area contributed by atoms with Crippen LogP contribution < -0.4 is 0 Å². The molecule has 0 atom stereocenters. The van der Waals surface area contributed by atoms with Crippen LogP contribution in [0.5, 0.6) is 0 Å². The molecule has 0 saturated heterocycles. The Balaban J connectivity index is 1.85. The van der Waals surface area contributed by atoms with Gasteiger partial charge in [-0.3, -0.25) is 0 Å². The maximum atomic E-state index is 6.41. The van der Waals surface area contributed by atoms with Crippen molar-refractivity contribution in [3.05, 3.63) is 34.6 Å². The van der Waals surface area contributed by atoms with Gasteiger partial charge in [0.15, 0.2) is 5.82 Å². The molecule has 4 nitrogen and oxygen atoms in total. The third-order valence-electron chi connectivity index (χ3n) is 4.71.